The largest absolute Gasteiger partial charge is 0.495 e. The van der Waals surface area contributed by atoms with Crippen LogP contribution in [0.3, 0.4) is 0 Å². The van der Waals surface area contributed by atoms with Crippen LogP contribution in [0.25, 0.3) is 10.2 Å². The lowest BCUT2D eigenvalue weighted by molar-refractivity contribution is -0.154. The van der Waals surface area contributed by atoms with E-state index in [-0.39, 0.29) is 6.42 Å². The molecule has 1 unspecified atom stereocenters. The van der Waals surface area contributed by atoms with Crippen molar-refractivity contribution in [2.24, 2.45) is 0 Å². The number of hydrogen-bond donors (Lipinski definition) is 1. The molecular formula is C27H26N2O4S. The summed E-state index contributed by atoms with van der Waals surface area (Å²) in [5, 5.41) is 3.84. The number of nitrogens with one attached hydrogen (secondary N) is 1. The first-order valence-corrected chi connectivity index (χ1v) is 11.9. The topological polar surface area (TPSA) is 77.5 Å². The number of ether oxygens (including phenoxy) is 2. The zero-order valence-electron chi connectivity index (χ0n) is 19.1. The average Bonchev–Trinajstić information content (AvgIpc) is 3.26. The van der Waals surface area contributed by atoms with Crippen LogP contribution in [0.5, 0.6) is 5.75 Å². The Hall–Kier alpha value is -3.71. The standard InChI is InChI=1S/C27H26N2O4S/c1-18-15-16-22(32-2)21(17-18)29-27(31)26(19-9-4-3-5-10-19)33-25(30)14-8-13-24-28-20-11-6-7-12-23(20)34-24/h3-7,9-12,15-17,26H,8,13-14H2,1-2H3,(H,29,31). The molecule has 0 saturated carbocycles. The lowest BCUT2D eigenvalue weighted by Crippen LogP contribution is -2.26. The van der Waals surface area contributed by atoms with Crippen LogP contribution in [0, 0.1) is 6.92 Å². The van der Waals surface area contributed by atoms with Gasteiger partial charge in [0.25, 0.3) is 5.91 Å². The number of fused-ring (bicyclic) bond motifs is 1. The number of carbonyl (C=O) groups excluding carboxylic acids is 2. The highest BCUT2D eigenvalue weighted by molar-refractivity contribution is 7.18. The van der Waals surface area contributed by atoms with Crippen LogP contribution >= 0.6 is 11.3 Å². The molecule has 34 heavy (non-hydrogen) atoms. The normalized spacial score (nSPS) is 11.7. The number of benzene rings is 3. The van der Waals surface area contributed by atoms with Crippen LogP contribution in [0.4, 0.5) is 5.69 Å². The molecule has 0 aliphatic carbocycles. The maximum absolute atomic E-state index is 13.2. The van der Waals surface area contributed by atoms with E-state index in [4.69, 9.17) is 9.47 Å². The molecule has 0 saturated heterocycles. The zero-order valence-corrected chi connectivity index (χ0v) is 19.9. The molecule has 0 bridgehead atoms. The summed E-state index contributed by atoms with van der Waals surface area (Å²) >= 11 is 1.63. The summed E-state index contributed by atoms with van der Waals surface area (Å²) in [7, 11) is 1.54. The van der Waals surface area contributed by atoms with Crippen LogP contribution in [-0.4, -0.2) is 24.0 Å². The van der Waals surface area contributed by atoms with Gasteiger partial charge in [-0.2, -0.15) is 0 Å². The van der Waals surface area contributed by atoms with Gasteiger partial charge in [-0.3, -0.25) is 9.59 Å². The van der Waals surface area contributed by atoms with Crippen LogP contribution in [0.15, 0.2) is 72.8 Å². The summed E-state index contributed by atoms with van der Waals surface area (Å²) in [6.45, 7) is 1.93. The Bertz CT molecular complexity index is 1250. The lowest BCUT2D eigenvalue weighted by Gasteiger charge is -2.19. The van der Waals surface area contributed by atoms with Crippen molar-refractivity contribution in [3.63, 3.8) is 0 Å². The second-order valence-electron chi connectivity index (χ2n) is 7.90. The number of thiazole rings is 1. The van der Waals surface area contributed by atoms with Gasteiger partial charge >= 0.3 is 5.97 Å². The summed E-state index contributed by atoms with van der Waals surface area (Å²) in [6, 6.07) is 22.5. The summed E-state index contributed by atoms with van der Waals surface area (Å²) in [5.74, 6) is -0.330. The van der Waals surface area contributed by atoms with E-state index < -0.39 is 18.0 Å². The highest BCUT2D eigenvalue weighted by Crippen LogP contribution is 2.28. The monoisotopic (exact) mass is 474 g/mol. The van der Waals surface area contributed by atoms with Crippen LogP contribution in [0.2, 0.25) is 0 Å². The Morgan fingerprint density at radius 1 is 1.03 bits per heavy atom. The van der Waals surface area contributed by atoms with E-state index >= 15 is 0 Å². The number of aromatic nitrogens is 1. The Balaban J connectivity index is 1.42. The van der Waals surface area contributed by atoms with Crippen molar-refractivity contribution in [1.29, 1.82) is 0 Å². The van der Waals surface area contributed by atoms with Gasteiger partial charge in [0.05, 0.1) is 28.0 Å². The van der Waals surface area contributed by atoms with Gasteiger partial charge in [-0.1, -0.05) is 48.5 Å². The van der Waals surface area contributed by atoms with Gasteiger partial charge in [0.15, 0.2) is 0 Å². The molecule has 1 amide bonds. The molecule has 0 aliphatic heterocycles. The van der Waals surface area contributed by atoms with Crippen molar-refractivity contribution < 1.29 is 19.1 Å². The van der Waals surface area contributed by atoms with Gasteiger partial charge in [-0.15, -0.1) is 11.3 Å². The maximum Gasteiger partial charge on any atom is 0.306 e. The van der Waals surface area contributed by atoms with Gasteiger partial charge in [0, 0.05) is 12.0 Å². The minimum atomic E-state index is -1.07. The molecular weight excluding hydrogens is 448 g/mol. The van der Waals surface area contributed by atoms with Gasteiger partial charge in [-0.05, 0) is 49.6 Å². The summed E-state index contributed by atoms with van der Waals surface area (Å²) < 4.78 is 12.2. The second kappa shape index (κ2) is 10.9. The number of anilines is 1. The van der Waals surface area contributed by atoms with Crippen molar-refractivity contribution in [2.75, 3.05) is 12.4 Å². The van der Waals surface area contributed by atoms with Crippen LogP contribution in [0.1, 0.15) is 35.1 Å². The second-order valence-corrected chi connectivity index (χ2v) is 9.02. The molecule has 0 radical (unpaired) electrons. The average molecular weight is 475 g/mol. The molecule has 4 aromatic rings. The molecule has 1 N–H and O–H groups in total. The van der Waals surface area contributed by atoms with Crippen molar-refractivity contribution in [1.82, 2.24) is 4.98 Å². The highest BCUT2D eigenvalue weighted by Gasteiger charge is 2.26. The van der Waals surface area contributed by atoms with E-state index in [2.05, 4.69) is 10.3 Å². The summed E-state index contributed by atoms with van der Waals surface area (Å²) in [6.07, 6.45) is 0.395. The SMILES string of the molecule is COc1ccc(C)cc1NC(=O)C(OC(=O)CCCc1nc2ccccc2s1)c1ccccc1. The quantitative estimate of drug-likeness (QED) is 0.308. The predicted octanol–water partition coefficient (Wildman–Crippen LogP) is 5.86. The van der Waals surface area contributed by atoms with E-state index in [1.807, 2.05) is 61.5 Å². The van der Waals surface area contributed by atoms with E-state index in [1.54, 1.807) is 36.6 Å². The molecule has 0 fully saturated rings. The van der Waals surface area contributed by atoms with E-state index in [1.165, 1.54) is 0 Å². The fourth-order valence-corrected chi connectivity index (χ4v) is 4.63. The number of aryl methyl sites for hydroxylation is 2. The van der Waals surface area contributed by atoms with Gasteiger partial charge < -0.3 is 14.8 Å². The van der Waals surface area contributed by atoms with Crippen LogP contribution < -0.4 is 10.1 Å². The third kappa shape index (κ3) is 5.80. The fraction of sp³-hybridized carbons (Fsp3) is 0.222. The Morgan fingerprint density at radius 2 is 1.79 bits per heavy atom. The van der Waals surface area contributed by atoms with Crippen molar-refractivity contribution >= 4 is 39.1 Å². The predicted molar refractivity (Wildman–Crippen MR) is 134 cm³/mol. The summed E-state index contributed by atoms with van der Waals surface area (Å²) in [5.41, 5.74) is 3.07. The molecule has 4 rings (SSSR count). The van der Waals surface area contributed by atoms with E-state index in [9.17, 15) is 9.59 Å². The van der Waals surface area contributed by atoms with Gasteiger partial charge in [0.1, 0.15) is 5.75 Å². The minimum absolute atomic E-state index is 0.195. The molecule has 7 heteroatoms. The molecule has 1 heterocycles. The number of carbonyl (C=O) groups is 2. The van der Waals surface area contributed by atoms with E-state index in [0.717, 1.165) is 20.8 Å². The number of methoxy groups -OCH3 is 1. The molecule has 174 valence electrons. The van der Waals surface area contributed by atoms with Gasteiger partial charge in [-0.25, -0.2) is 4.98 Å². The van der Waals surface area contributed by atoms with Crippen molar-refractivity contribution in [3.8, 4) is 5.75 Å². The maximum atomic E-state index is 13.2. The zero-order chi connectivity index (χ0) is 23.9. The number of hydrogen-bond acceptors (Lipinski definition) is 6. The molecule has 0 aliphatic rings. The van der Waals surface area contributed by atoms with Gasteiger partial charge in [0.2, 0.25) is 6.10 Å². The molecule has 6 nitrogen and oxygen atoms in total. The molecule has 0 spiro atoms. The fourth-order valence-electron chi connectivity index (χ4n) is 3.62. The van der Waals surface area contributed by atoms with Crippen LogP contribution in [-0.2, 0) is 20.7 Å². The first-order chi connectivity index (χ1) is 16.5. The Labute approximate surface area is 202 Å². The summed E-state index contributed by atoms with van der Waals surface area (Å²) in [4.78, 5) is 30.5. The number of esters is 1. The van der Waals surface area contributed by atoms with E-state index in [0.29, 0.717) is 29.8 Å². The van der Waals surface area contributed by atoms with Crippen molar-refractivity contribution in [2.45, 2.75) is 32.3 Å². The third-order valence-electron chi connectivity index (χ3n) is 5.31. The first kappa shape index (κ1) is 23.4. The third-order valence-corrected chi connectivity index (χ3v) is 6.41. The molecule has 3 aromatic carbocycles. The first-order valence-electron chi connectivity index (χ1n) is 11.1. The Morgan fingerprint density at radius 3 is 2.56 bits per heavy atom. The highest BCUT2D eigenvalue weighted by atomic mass is 32.1. The number of rotatable bonds is 9. The number of para-hydroxylation sites is 1. The minimum Gasteiger partial charge on any atom is -0.495 e. The molecule has 1 atom stereocenters. The smallest absolute Gasteiger partial charge is 0.306 e. The van der Waals surface area contributed by atoms with Crippen molar-refractivity contribution in [3.05, 3.63) is 88.9 Å². The molecule has 1 aromatic heterocycles. The Kier molecular flexibility index (Phi) is 7.54. The lowest BCUT2D eigenvalue weighted by atomic mass is 10.1. The number of nitrogens with zero attached hydrogens (tertiary/aromatic N) is 1. The number of amides is 1.